The number of carbonyl (C=O) groups excluding carboxylic acids is 2. The molecule has 148 valence electrons. The van der Waals surface area contributed by atoms with Crippen LogP contribution in [0.15, 0.2) is 36.7 Å². The molecule has 2 aromatic heterocycles. The number of fused-ring (bicyclic) bond motifs is 1. The second kappa shape index (κ2) is 8.32. The third-order valence-electron chi connectivity index (χ3n) is 4.51. The molecule has 1 unspecified atom stereocenters. The summed E-state index contributed by atoms with van der Waals surface area (Å²) in [6, 6.07) is 9.65. The van der Waals surface area contributed by atoms with Crippen molar-refractivity contribution in [1.82, 2.24) is 20.3 Å². The Labute approximate surface area is 171 Å². The number of para-hydroxylation sites is 1. The summed E-state index contributed by atoms with van der Waals surface area (Å²) < 4.78 is 6.07. The topological polar surface area (TPSA) is 118 Å². The zero-order chi connectivity index (χ0) is 21.0. The van der Waals surface area contributed by atoms with Crippen LogP contribution < -0.4 is 5.32 Å². The molecule has 0 saturated heterocycles. The van der Waals surface area contributed by atoms with Gasteiger partial charge < -0.3 is 10.1 Å². The maximum absolute atomic E-state index is 12.5. The molecule has 0 radical (unpaired) electrons. The minimum atomic E-state index is -1.05. The number of amides is 1. The molecule has 8 nitrogen and oxygen atoms in total. The minimum absolute atomic E-state index is 0.0220. The first-order chi connectivity index (χ1) is 13.8. The summed E-state index contributed by atoms with van der Waals surface area (Å²) in [7, 11) is 0. The van der Waals surface area contributed by atoms with Gasteiger partial charge in [0, 0.05) is 12.4 Å². The van der Waals surface area contributed by atoms with Crippen LogP contribution in [-0.2, 0) is 9.53 Å². The standard InChI is InChI=1S/C20H19N5O3S/c1-12(2)20(3,11-21)25-15(26)10-28-19(27)17-16(22-8-9-23-17)18-24-13-6-4-5-7-14(13)29-18/h4-9,12H,10H2,1-3H3,(H,25,26). The fraction of sp³-hybridized carbons (Fsp3) is 0.300. The van der Waals surface area contributed by atoms with Crippen molar-refractivity contribution in [3.8, 4) is 16.8 Å². The van der Waals surface area contributed by atoms with Gasteiger partial charge in [0.15, 0.2) is 12.3 Å². The van der Waals surface area contributed by atoms with Crippen LogP contribution in [0.2, 0.25) is 0 Å². The summed E-state index contributed by atoms with van der Waals surface area (Å²) >= 11 is 1.38. The number of rotatable bonds is 6. The third-order valence-corrected chi connectivity index (χ3v) is 5.55. The maximum Gasteiger partial charge on any atom is 0.359 e. The Bertz CT molecular complexity index is 1070. The van der Waals surface area contributed by atoms with Gasteiger partial charge in [0.2, 0.25) is 0 Å². The predicted molar refractivity (Wildman–Crippen MR) is 108 cm³/mol. The van der Waals surface area contributed by atoms with Crippen LogP contribution in [0.25, 0.3) is 20.9 Å². The van der Waals surface area contributed by atoms with Gasteiger partial charge in [0.1, 0.15) is 16.2 Å². The average Bonchev–Trinajstić information content (AvgIpc) is 3.16. The quantitative estimate of drug-likeness (QED) is 0.622. The van der Waals surface area contributed by atoms with Crippen molar-refractivity contribution >= 4 is 33.4 Å². The Kier molecular flexibility index (Phi) is 5.84. The number of hydrogen-bond acceptors (Lipinski definition) is 8. The molecule has 9 heteroatoms. The summed E-state index contributed by atoms with van der Waals surface area (Å²) in [5.74, 6) is -1.47. The lowest BCUT2D eigenvalue weighted by Gasteiger charge is -2.27. The number of hydrogen-bond donors (Lipinski definition) is 1. The molecule has 0 spiro atoms. The van der Waals surface area contributed by atoms with Crippen LogP contribution in [-0.4, -0.2) is 39.0 Å². The number of thiazole rings is 1. The Morgan fingerprint density at radius 3 is 2.69 bits per heavy atom. The number of nitrogens with zero attached hydrogens (tertiary/aromatic N) is 4. The second-order valence-electron chi connectivity index (χ2n) is 6.83. The largest absolute Gasteiger partial charge is 0.451 e. The van der Waals surface area contributed by atoms with Crippen LogP contribution in [0.1, 0.15) is 31.3 Å². The monoisotopic (exact) mass is 409 g/mol. The fourth-order valence-corrected chi connectivity index (χ4v) is 3.41. The highest BCUT2D eigenvalue weighted by Gasteiger charge is 2.30. The van der Waals surface area contributed by atoms with E-state index in [9.17, 15) is 14.9 Å². The molecule has 0 aliphatic carbocycles. The van der Waals surface area contributed by atoms with E-state index in [0.717, 1.165) is 10.2 Å². The number of ether oxygens (including phenoxy) is 1. The number of nitrogens with one attached hydrogen (secondary N) is 1. The maximum atomic E-state index is 12.5. The van der Waals surface area contributed by atoms with E-state index in [1.807, 2.05) is 38.1 Å². The fourth-order valence-electron chi connectivity index (χ4n) is 2.44. The summed E-state index contributed by atoms with van der Waals surface area (Å²) in [5.41, 5.74) is 0.0121. The first kappa shape index (κ1) is 20.4. The second-order valence-corrected chi connectivity index (χ2v) is 7.86. The van der Waals surface area contributed by atoms with E-state index in [1.54, 1.807) is 6.92 Å². The molecule has 1 amide bonds. The lowest BCUT2D eigenvalue weighted by Crippen LogP contribution is -2.50. The minimum Gasteiger partial charge on any atom is -0.451 e. The average molecular weight is 409 g/mol. The zero-order valence-electron chi connectivity index (χ0n) is 16.2. The molecule has 3 rings (SSSR count). The van der Waals surface area contributed by atoms with Gasteiger partial charge in [-0.25, -0.2) is 19.7 Å². The molecule has 29 heavy (non-hydrogen) atoms. The smallest absolute Gasteiger partial charge is 0.359 e. The van der Waals surface area contributed by atoms with Crippen molar-refractivity contribution in [2.75, 3.05) is 6.61 Å². The summed E-state index contributed by atoms with van der Waals surface area (Å²) in [6.45, 7) is 4.72. The molecule has 0 saturated carbocycles. The van der Waals surface area contributed by atoms with Gasteiger partial charge in [0.25, 0.3) is 5.91 Å². The molecule has 1 aromatic carbocycles. The van der Waals surface area contributed by atoms with Crippen molar-refractivity contribution < 1.29 is 14.3 Å². The van der Waals surface area contributed by atoms with E-state index in [-0.39, 0.29) is 11.6 Å². The lowest BCUT2D eigenvalue weighted by molar-refractivity contribution is -0.125. The van der Waals surface area contributed by atoms with Crippen LogP contribution in [0.5, 0.6) is 0 Å². The normalized spacial score (nSPS) is 12.9. The van der Waals surface area contributed by atoms with Crippen molar-refractivity contribution in [2.24, 2.45) is 5.92 Å². The van der Waals surface area contributed by atoms with Gasteiger partial charge in [-0.1, -0.05) is 26.0 Å². The molecule has 2 heterocycles. The molecule has 1 atom stereocenters. The lowest BCUT2D eigenvalue weighted by atomic mass is 9.90. The Hall–Kier alpha value is -3.38. The van der Waals surface area contributed by atoms with Crippen LogP contribution >= 0.6 is 11.3 Å². The number of aromatic nitrogens is 3. The summed E-state index contributed by atoms with van der Waals surface area (Å²) in [4.78, 5) is 37.5. The van der Waals surface area contributed by atoms with Crippen LogP contribution in [0.3, 0.4) is 0 Å². The highest BCUT2D eigenvalue weighted by atomic mass is 32.1. The van der Waals surface area contributed by atoms with E-state index < -0.39 is 24.0 Å². The molecule has 0 aliphatic rings. The third kappa shape index (κ3) is 4.38. The number of esters is 1. The van der Waals surface area contributed by atoms with E-state index in [1.165, 1.54) is 23.7 Å². The predicted octanol–water partition coefficient (Wildman–Crippen LogP) is 2.96. The highest BCUT2D eigenvalue weighted by Crippen LogP contribution is 2.30. The van der Waals surface area contributed by atoms with Crippen molar-refractivity contribution in [3.05, 3.63) is 42.4 Å². The molecule has 0 bridgehead atoms. The van der Waals surface area contributed by atoms with Gasteiger partial charge >= 0.3 is 5.97 Å². The van der Waals surface area contributed by atoms with E-state index in [4.69, 9.17) is 4.74 Å². The number of carbonyl (C=O) groups is 2. The number of benzene rings is 1. The Morgan fingerprint density at radius 1 is 1.28 bits per heavy atom. The van der Waals surface area contributed by atoms with Gasteiger partial charge in [-0.2, -0.15) is 5.26 Å². The van der Waals surface area contributed by atoms with Crippen LogP contribution in [0.4, 0.5) is 0 Å². The summed E-state index contributed by atoms with van der Waals surface area (Å²) in [6.07, 6.45) is 2.84. The molecular formula is C20H19N5O3S. The zero-order valence-corrected chi connectivity index (χ0v) is 17.0. The Morgan fingerprint density at radius 2 is 2.00 bits per heavy atom. The van der Waals surface area contributed by atoms with Gasteiger partial charge in [-0.05, 0) is 25.0 Å². The van der Waals surface area contributed by atoms with E-state index >= 15 is 0 Å². The van der Waals surface area contributed by atoms with Crippen molar-refractivity contribution in [2.45, 2.75) is 26.3 Å². The SMILES string of the molecule is CC(C)C(C)(C#N)NC(=O)COC(=O)c1nccnc1-c1nc2ccccc2s1. The van der Waals surface area contributed by atoms with E-state index in [0.29, 0.717) is 10.7 Å². The first-order valence-corrected chi connectivity index (χ1v) is 9.72. The molecule has 0 aliphatic heterocycles. The van der Waals surface area contributed by atoms with Crippen LogP contribution in [0, 0.1) is 17.2 Å². The number of nitriles is 1. The molecule has 3 aromatic rings. The van der Waals surface area contributed by atoms with E-state index in [2.05, 4.69) is 26.3 Å². The highest BCUT2D eigenvalue weighted by molar-refractivity contribution is 7.21. The molecular weight excluding hydrogens is 390 g/mol. The van der Waals surface area contributed by atoms with Crippen molar-refractivity contribution in [3.63, 3.8) is 0 Å². The Balaban J connectivity index is 1.75. The van der Waals surface area contributed by atoms with Gasteiger partial charge in [-0.15, -0.1) is 11.3 Å². The summed E-state index contributed by atoms with van der Waals surface area (Å²) in [5, 5.41) is 12.4. The molecule has 1 N–H and O–H groups in total. The van der Waals surface area contributed by atoms with Crippen molar-refractivity contribution in [1.29, 1.82) is 5.26 Å². The van der Waals surface area contributed by atoms with Gasteiger partial charge in [-0.3, -0.25) is 4.79 Å². The molecule has 0 fully saturated rings. The van der Waals surface area contributed by atoms with Gasteiger partial charge in [0.05, 0.1) is 16.3 Å². The first-order valence-electron chi connectivity index (χ1n) is 8.90.